The van der Waals surface area contributed by atoms with Crippen LogP contribution < -0.4 is 5.32 Å². The van der Waals surface area contributed by atoms with Crippen LogP contribution in [0.25, 0.3) is 0 Å². The topological polar surface area (TPSA) is 21.3 Å². The first-order valence-electron chi connectivity index (χ1n) is 4.55. The highest BCUT2D eigenvalue weighted by molar-refractivity contribution is 4.78. The molecule has 0 aromatic rings. The molecule has 0 spiro atoms. The zero-order chi connectivity index (χ0) is 8.27. The van der Waals surface area contributed by atoms with Gasteiger partial charge in [0, 0.05) is 12.6 Å². The van der Waals surface area contributed by atoms with Crippen molar-refractivity contribution in [3.05, 3.63) is 0 Å². The van der Waals surface area contributed by atoms with Gasteiger partial charge in [-0.05, 0) is 25.8 Å². The van der Waals surface area contributed by atoms with Gasteiger partial charge in [0.2, 0.25) is 0 Å². The Bertz CT molecular complexity index is 114. The van der Waals surface area contributed by atoms with Crippen LogP contribution in [-0.2, 0) is 4.74 Å². The number of rotatable bonds is 3. The van der Waals surface area contributed by atoms with Gasteiger partial charge in [-0.1, -0.05) is 13.8 Å². The van der Waals surface area contributed by atoms with E-state index in [-0.39, 0.29) is 0 Å². The highest BCUT2D eigenvalue weighted by Crippen LogP contribution is 2.12. The fraction of sp³-hybridized carbons (Fsp3) is 1.00. The van der Waals surface area contributed by atoms with Crippen molar-refractivity contribution in [2.75, 3.05) is 13.2 Å². The molecule has 1 rings (SSSR count). The van der Waals surface area contributed by atoms with Crippen LogP contribution in [0.15, 0.2) is 0 Å². The summed E-state index contributed by atoms with van der Waals surface area (Å²) in [6, 6.07) is 0.595. The Labute approximate surface area is 69.3 Å². The van der Waals surface area contributed by atoms with Gasteiger partial charge in [-0.15, -0.1) is 0 Å². The summed E-state index contributed by atoms with van der Waals surface area (Å²) in [4.78, 5) is 0. The summed E-state index contributed by atoms with van der Waals surface area (Å²) in [6.45, 7) is 8.64. The molecule has 1 saturated heterocycles. The molecule has 0 saturated carbocycles. The fourth-order valence-corrected chi connectivity index (χ4v) is 1.39. The van der Waals surface area contributed by atoms with Gasteiger partial charge in [0.15, 0.2) is 0 Å². The summed E-state index contributed by atoms with van der Waals surface area (Å²) in [5, 5.41) is 3.51. The zero-order valence-electron chi connectivity index (χ0n) is 7.76. The summed E-state index contributed by atoms with van der Waals surface area (Å²) in [6.07, 6.45) is 1.59. The van der Waals surface area contributed by atoms with Crippen molar-refractivity contribution in [1.82, 2.24) is 5.32 Å². The Morgan fingerprint density at radius 2 is 2.27 bits per heavy atom. The first kappa shape index (κ1) is 9.01. The standard InChI is InChI=1S/C9H19NO/c1-7(2)6-10-9-4-5-11-8(9)3/h7-10H,4-6H2,1-3H3/t8-,9+/m1/s1. The van der Waals surface area contributed by atoms with Crippen LogP contribution in [0.4, 0.5) is 0 Å². The first-order valence-corrected chi connectivity index (χ1v) is 4.55. The second-order valence-electron chi connectivity index (χ2n) is 3.77. The van der Waals surface area contributed by atoms with Crippen molar-refractivity contribution < 1.29 is 4.74 Å². The molecule has 0 aromatic carbocycles. The number of hydrogen-bond donors (Lipinski definition) is 1. The molecule has 11 heavy (non-hydrogen) atoms. The van der Waals surface area contributed by atoms with E-state index in [0.717, 1.165) is 19.1 Å². The van der Waals surface area contributed by atoms with E-state index >= 15 is 0 Å². The molecule has 1 aliphatic heterocycles. The molecule has 0 unspecified atom stereocenters. The van der Waals surface area contributed by atoms with Gasteiger partial charge >= 0.3 is 0 Å². The number of nitrogens with one attached hydrogen (secondary N) is 1. The molecule has 1 heterocycles. The predicted molar refractivity (Wildman–Crippen MR) is 46.7 cm³/mol. The van der Waals surface area contributed by atoms with Crippen molar-refractivity contribution >= 4 is 0 Å². The van der Waals surface area contributed by atoms with Crippen molar-refractivity contribution in [3.63, 3.8) is 0 Å². The van der Waals surface area contributed by atoms with Gasteiger partial charge in [0.1, 0.15) is 0 Å². The third-order valence-corrected chi connectivity index (χ3v) is 2.16. The van der Waals surface area contributed by atoms with Gasteiger partial charge < -0.3 is 10.1 Å². The molecule has 0 radical (unpaired) electrons. The van der Waals surface area contributed by atoms with Crippen molar-refractivity contribution in [2.24, 2.45) is 5.92 Å². The van der Waals surface area contributed by atoms with Crippen molar-refractivity contribution in [1.29, 1.82) is 0 Å². The monoisotopic (exact) mass is 157 g/mol. The number of hydrogen-bond acceptors (Lipinski definition) is 2. The van der Waals surface area contributed by atoms with E-state index in [2.05, 4.69) is 26.1 Å². The average molecular weight is 157 g/mol. The van der Waals surface area contributed by atoms with Crippen LogP contribution in [0.1, 0.15) is 27.2 Å². The van der Waals surface area contributed by atoms with Crippen LogP contribution in [0.2, 0.25) is 0 Å². The lowest BCUT2D eigenvalue weighted by Gasteiger charge is -2.17. The SMILES string of the molecule is CC(C)CN[C@H]1CCO[C@@H]1C. The van der Waals surface area contributed by atoms with E-state index in [1.54, 1.807) is 0 Å². The maximum absolute atomic E-state index is 5.44. The molecule has 1 aliphatic rings. The van der Waals surface area contributed by atoms with Crippen molar-refractivity contribution in [2.45, 2.75) is 39.3 Å². The molecule has 0 aromatic heterocycles. The minimum Gasteiger partial charge on any atom is -0.377 e. The summed E-state index contributed by atoms with van der Waals surface area (Å²) >= 11 is 0. The van der Waals surface area contributed by atoms with Crippen LogP contribution in [0.3, 0.4) is 0 Å². The van der Waals surface area contributed by atoms with Crippen LogP contribution in [-0.4, -0.2) is 25.3 Å². The normalized spacial score (nSPS) is 31.6. The second-order valence-corrected chi connectivity index (χ2v) is 3.77. The van der Waals surface area contributed by atoms with Gasteiger partial charge in [0.05, 0.1) is 6.10 Å². The molecule has 2 atom stereocenters. The summed E-state index contributed by atoms with van der Waals surface area (Å²) in [7, 11) is 0. The van der Waals surface area contributed by atoms with E-state index in [1.807, 2.05) is 0 Å². The molecule has 2 nitrogen and oxygen atoms in total. The van der Waals surface area contributed by atoms with E-state index in [0.29, 0.717) is 12.1 Å². The Morgan fingerprint density at radius 3 is 2.73 bits per heavy atom. The molecule has 66 valence electrons. The molecule has 1 fully saturated rings. The first-order chi connectivity index (χ1) is 5.20. The smallest absolute Gasteiger partial charge is 0.0700 e. The maximum Gasteiger partial charge on any atom is 0.0700 e. The van der Waals surface area contributed by atoms with Crippen LogP contribution >= 0.6 is 0 Å². The summed E-state index contributed by atoms with van der Waals surface area (Å²) in [5.41, 5.74) is 0. The minimum atomic E-state index is 0.411. The maximum atomic E-state index is 5.44. The van der Waals surface area contributed by atoms with Gasteiger partial charge in [-0.25, -0.2) is 0 Å². The van der Waals surface area contributed by atoms with Crippen LogP contribution in [0, 0.1) is 5.92 Å². The highest BCUT2D eigenvalue weighted by atomic mass is 16.5. The Hall–Kier alpha value is -0.0800. The van der Waals surface area contributed by atoms with E-state index < -0.39 is 0 Å². The Balaban J connectivity index is 2.15. The molecule has 0 aliphatic carbocycles. The third kappa shape index (κ3) is 2.80. The third-order valence-electron chi connectivity index (χ3n) is 2.16. The lowest BCUT2D eigenvalue weighted by atomic mass is 10.1. The number of ether oxygens (including phenoxy) is 1. The largest absolute Gasteiger partial charge is 0.377 e. The van der Waals surface area contributed by atoms with Gasteiger partial charge in [0.25, 0.3) is 0 Å². The van der Waals surface area contributed by atoms with E-state index in [1.165, 1.54) is 6.42 Å². The van der Waals surface area contributed by atoms with E-state index in [4.69, 9.17) is 4.74 Å². The molecule has 1 N–H and O–H groups in total. The molecular weight excluding hydrogens is 138 g/mol. The Morgan fingerprint density at radius 1 is 1.55 bits per heavy atom. The second kappa shape index (κ2) is 4.07. The van der Waals surface area contributed by atoms with Gasteiger partial charge in [-0.3, -0.25) is 0 Å². The van der Waals surface area contributed by atoms with E-state index in [9.17, 15) is 0 Å². The molecular formula is C9H19NO. The summed E-state index contributed by atoms with van der Waals surface area (Å²) < 4.78 is 5.44. The highest BCUT2D eigenvalue weighted by Gasteiger charge is 2.23. The molecule has 0 bridgehead atoms. The Kier molecular flexibility index (Phi) is 3.34. The van der Waals surface area contributed by atoms with Crippen LogP contribution in [0.5, 0.6) is 0 Å². The predicted octanol–water partition coefficient (Wildman–Crippen LogP) is 1.41. The lowest BCUT2D eigenvalue weighted by Crippen LogP contribution is -2.36. The lowest BCUT2D eigenvalue weighted by molar-refractivity contribution is 0.112. The quantitative estimate of drug-likeness (QED) is 0.669. The van der Waals surface area contributed by atoms with Crippen molar-refractivity contribution in [3.8, 4) is 0 Å². The molecule has 0 amide bonds. The van der Waals surface area contributed by atoms with Gasteiger partial charge in [-0.2, -0.15) is 0 Å². The molecule has 2 heteroatoms. The fourth-order valence-electron chi connectivity index (χ4n) is 1.39. The average Bonchev–Trinajstić information content (AvgIpc) is 2.31. The zero-order valence-corrected chi connectivity index (χ0v) is 7.76. The minimum absolute atomic E-state index is 0.411. The summed E-state index contributed by atoms with van der Waals surface area (Å²) in [5.74, 6) is 0.739.